The number of anilines is 1. The van der Waals surface area contributed by atoms with Gasteiger partial charge in [0.25, 0.3) is 0 Å². The molecule has 6 heteroatoms. The van der Waals surface area contributed by atoms with E-state index >= 15 is 0 Å². The van der Waals surface area contributed by atoms with Crippen LogP contribution in [-0.2, 0) is 4.79 Å². The summed E-state index contributed by atoms with van der Waals surface area (Å²) in [7, 11) is 0. The summed E-state index contributed by atoms with van der Waals surface area (Å²) >= 11 is 1.65. The number of rotatable bonds is 7. The van der Waals surface area contributed by atoms with E-state index < -0.39 is 0 Å². The van der Waals surface area contributed by atoms with Crippen LogP contribution in [-0.4, -0.2) is 27.1 Å². The van der Waals surface area contributed by atoms with Gasteiger partial charge in [-0.25, -0.2) is 0 Å². The van der Waals surface area contributed by atoms with Gasteiger partial charge in [0.2, 0.25) is 5.91 Å². The SMILES string of the molecule is CCCCS[C@@H](C)C(=O)Nc1nc(C2CC2)no1. The molecule has 1 fully saturated rings. The van der Waals surface area contributed by atoms with E-state index in [1.54, 1.807) is 11.8 Å². The number of aromatic nitrogens is 2. The van der Waals surface area contributed by atoms with Crippen LogP contribution in [0, 0.1) is 0 Å². The average Bonchev–Trinajstić information content (AvgIpc) is 3.11. The molecule has 0 spiro atoms. The summed E-state index contributed by atoms with van der Waals surface area (Å²) in [6.07, 6.45) is 4.52. The van der Waals surface area contributed by atoms with Crippen LogP contribution in [0.1, 0.15) is 51.3 Å². The maximum atomic E-state index is 11.8. The van der Waals surface area contributed by atoms with Crippen molar-refractivity contribution in [2.45, 2.75) is 50.7 Å². The highest BCUT2D eigenvalue weighted by molar-refractivity contribution is 8.00. The van der Waals surface area contributed by atoms with Gasteiger partial charge in [-0.15, -0.1) is 11.8 Å². The molecule has 5 nitrogen and oxygen atoms in total. The monoisotopic (exact) mass is 269 g/mol. The number of carbonyl (C=O) groups is 1. The van der Waals surface area contributed by atoms with E-state index in [2.05, 4.69) is 22.4 Å². The number of carbonyl (C=O) groups excluding carboxylic acids is 1. The highest BCUT2D eigenvalue weighted by atomic mass is 32.2. The largest absolute Gasteiger partial charge is 0.328 e. The minimum absolute atomic E-state index is 0.0675. The molecule has 0 aliphatic heterocycles. The zero-order valence-corrected chi connectivity index (χ0v) is 11.6. The van der Waals surface area contributed by atoms with Gasteiger partial charge in [0, 0.05) is 5.92 Å². The van der Waals surface area contributed by atoms with Gasteiger partial charge in [-0.3, -0.25) is 10.1 Å². The van der Waals surface area contributed by atoms with Crippen LogP contribution in [0.4, 0.5) is 6.01 Å². The van der Waals surface area contributed by atoms with E-state index in [1.165, 1.54) is 0 Å². The Bertz CT molecular complexity index is 404. The molecule has 1 aliphatic rings. The maximum Gasteiger partial charge on any atom is 0.328 e. The summed E-state index contributed by atoms with van der Waals surface area (Å²) in [6.45, 7) is 4.04. The molecule has 1 saturated carbocycles. The Hall–Kier alpha value is -1.04. The lowest BCUT2D eigenvalue weighted by atomic mass is 10.4. The molecule has 1 atom stereocenters. The molecule has 0 aromatic carbocycles. The van der Waals surface area contributed by atoms with Crippen LogP contribution >= 0.6 is 11.8 Å². The molecule has 1 amide bonds. The van der Waals surface area contributed by atoms with Gasteiger partial charge >= 0.3 is 6.01 Å². The van der Waals surface area contributed by atoms with Crippen LogP contribution in [0.25, 0.3) is 0 Å². The molecule has 1 N–H and O–H groups in total. The van der Waals surface area contributed by atoms with E-state index in [9.17, 15) is 4.79 Å². The Morgan fingerprint density at radius 2 is 2.39 bits per heavy atom. The van der Waals surface area contributed by atoms with Crippen molar-refractivity contribution >= 4 is 23.7 Å². The predicted molar refractivity (Wildman–Crippen MR) is 71.7 cm³/mol. The number of hydrogen-bond donors (Lipinski definition) is 1. The lowest BCUT2D eigenvalue weighted by molar-refractivity contribution is -0.115. The summed E-state index contributed by atoms with van der Waals surface area (Å²) in [5.74, 6) is 2.09. The molecule has 0 radical (unpaired) electrons. The van der Waals surface area contributed by atoms with Gasteiger partial charge in [0.1, 0.15) is 0 Å². The highest BCUT2D eigenvalue weighted by Gasteiger charge is 2.29. The number of nitrogens with zero attached hydrogens (tertiary/aromatic N) is 2. The quantitative estimate of drug-likeness (QED) is 0.771. The molecular formula is C12H19N3O2S. The zero-order valence-electron chi connectivity index (χ0n) is 10.8. The molecular weight excluding hydrogens is 250 g/mol. The van der Waals surface area contributed by atoms with E-state index in [4.69, 9.17) is 4.52 Å². The zero-order chi connectivity index (χ0) is 13.0. The first-order valence-electron chi connectivity index (χ1n) is 6.46. The van der Waals surface area contributed by atoms with Crippen LogP contribution < -0.4 is 5.32 Å². The summed E-state index contributed by atoms with van der Waals surface area (Å²) in [5.41, 5.74) is 0. The van der Waals surface area contributed by atoms with Gasteiger partial charge < -0.3 is 4.52 Å². The Balaban J connectivity index is 1.78. The first-order chi connectivity index (χ1) is 8.70. The standard InChI is InChI=1S/C12H19N3O2S/c1-3-4-7-18-8(2)11(16)14-12-13-10(15-17-12)9-5-6-9/h8-9H,3-7H2,1-2H3,(H,13,14,15,16)/t8-/m0/s1. The topological polar surface area (TPSA) is 68.0 Å². The van der Waals surface area contributed by atoms with Crippen LogP contribution in [0.3, 0.4) is 0 Å². The minimum atomic E-state index is -0.0900. The number of hydrogen-bond acceptors (Lipinski definition) is 5. The van der Waals surface area contributed by atoms with E-state index in [-0.39, 0.29) is 17.2 Å². The third kappa shape index (κ3) is 3.73. The Morgan fingerprint density at radius 3 is 3.06 bits per heavy atom. The molecule has 1 aromatic rings. The van der Waals surface area contributed by atoms with Gasteiger partial charge in [-0.05, 0) is 31.9 Å². The van der Waals surface area contributed by atoms with Gasteiger partial charge in [-0.1, -0.05) is 18.5 Å². The lowest BCUT2D eigenvalue weighted by Crippen LogP contribution is -2.23. The first kappa shape index (κ1) is 13.4. The summed E-state index contributed by atoms with van der Waals surface area (Å²) < 4.78 is 5.01. The van der Waals surface area contributed by atoms with Crippen LogP contribution in [0.15, 0.2) is 4.52 Å². The average molecular weight is 269 g/mol. The van der Waals surface area contributed by atoms with Crippen molar-refractivity contribution in [3.8, 4) is 0 Å². The fraction of sp³-hybridized carbons (Fsp3) is 0.750. The number of unbranched alkanes of at least 4 members (excludes halogenated alkanes) is 1. The van der Waals surface area contributed by atoms with Crippen molar-refractivity contribution < 1.29 is 9.32 Å². The van der Waals surface area contributed by atoms with E-state index in [1.807, 2.05) is 6.92 Å². The molecule has 100 valence electrons. The molecule has 18 heavy (non-hydrogen) atoms. The normalized spacial score (nSPS) is 16.6. The van der Waals surface area contributed by atoms with Gasteiger partial charge in [-0.2, -0.15) is 4.98 Å². The van der Waals surface area contributed by atoms with Gasteiger partial charge in [0.05, 0.1) is 5.25 Å². The van der Waals surface area contributed by atoms with Crippen molar-refractivity contribution in [1.82, 2.24) is 10.1 Å². The summed E-state index contributed by atoms with van der Waals surface area (Å²) in [4.78, 5) is 16.0. The molecule has 1 aliphatic carbocycles. The number of nitrogens with one attached hydrogen (secondary N) is 1. The lowest BCUT2D eigenvalue weighted by Gasteiger charge is -2.08. The Labute approximate surface area is 111 Å². The van der Waals surface area contributed by atoms with E-state index in [0.717, 1.165) is 37.3 Å². The number of amides is 1. The second-order valence-corrected chi connectivity index (χ2v) is 6.04. The predicted octanol–water partition coefficient (Wildman–Crippen LogP) is 2.81. The second-order valence-electron chi connectivity index (χ2n) is 4.59. The van der Waals surface area contributed by atoms with Crippen molar-refractivity contribution in [1.29, 1.82) is 0 Å². The molecule has 2 rings (SSSR count). The maximum absolute atomic E-state index is 11.8. The molecule has 1 aromatic heterocycles. The molecule has 0 saturated heterocycles. The highest BCUT2D eigenvalue weighted by Crippen LogP contribution is 2.38. The van der Waals surface area contributed by atoms with Crippen LogP contribution in [0.2, 0.25) is 0 Å². The molecule has 0 bridgehead atoms. The Morgan fingerprint density at radius 1 is 1.61 bits per heavy atom. The fourth-order valence-corrected chi connectivity index (χ4v) is 2.50. The van der Waals surface area contributed by atoms with Crippen LogP contribution in [0.5, 0.6) is 0 Å². The van der Waals surface area contributed by atoms with E-state index in [0.29, 0.717) is 5.92 Å². The molecule has 1 heterocycles. The third-order valence-electron chi connectivity index (χ3n) is 2.85. The van der Waals surface area contributed by atoms with Crippen molar-refractivity contribution in [3.05, 3.63) is 5.82 Å². The Kier molecular flexibility index (Phi) is 4.63. The van der Waals surface area contributed by atoms with Crippen molar-refractivity contribution in [2.75, 3.05) is 11.1 Å². The second kappa shape index (κ2) is 6.22. The number of thioether (sulfide) groups is 1. The minimum Gasteiger partial charge on any atom is -0.315 e. The van der Waals surface area contributed by atoms with Gasteiger partial charge in [0.15, 0.2) is 5.82 Å². The van der Waals surface area contributed by atoms with Crippen molar-refractivity contribution in [2.24, 2.45) is 0 Å². The third-order valence-corrected chi connectivity index (χ3v) is 4.09. The van der Waals surface area contributed by atoms with Crippen molar-refractivity contribution in [3.63, 3.8) is 0 Å². The summed E-state index contributed by atoms with van der Waals surface area (Å²) in [6, 6.07) is 0.227. The smallest absolute Gasteiger partial charge is 0.315 e. The molecule has 0 unspecified atom stereocenters. The first-order valence-corrected chi connectivity index (χ1v) is 7.51. The summed E-state index contributed by atoms with van der Waals surface area (Å²) in [5, 5.41) is 6.44. The fourth-order valence-electron chi connectivity index (χ4n) is 1.48.